The molecule has 1 aliphatic rings. The number of rotatable bonds is 6. The van der Waals surface area contributed by atoms with E-state index in [1.54, 1.807) is 26.2 Å². The molecule has 1 fully saturated rings. The second-order valence-corrected chi connectivity index (χ2v) is 10.3. The molecule has 1 heterocycles. The Labute approximate surface area is 180 Å². The van der Waals surface area contributed by atoms with Crippen molar-refractivity contribution in [1.29, 1.82) is 0 Å². The van der Waals surface area contributed by atoms with Gasteiger partial charge in [0.05, 0.1) is 4.90 Å². The van der Waals surface area contributed by atoms with E-state index < -0.39 is 15.6 Å². The van der Waals surface area contributed by atoms with E-state index in [4.69, 9.17) is 0 Å². The van der Waals surface area contributed by atoms with Crippen LogP contribution in [-0.4, -0.2) is 57.9 Å². The van der Waals surface area contributed by atoms with Crippen LogP contribution in [0.3, 0.4) is 0 Å². The van der Waals surface area contributed by atoms with Crippen LogP contribution in [0.25, 0.3) is 0 Å². The van der Waals surface area contributed by atoms with Crippen LogP contribution in [0.2, 0.25) is 0 Å². The monoisotopic (exact) mass is 437 g/mol. The van der Waals surface area contributed by atoms with Crippen LogP contribution in [0.4, 0.5) is 0 Å². The number of carbonyl (C=O) groups excluding carboxylic acids is 1. The molecule has 1 aliphatic heterocycles. The number of nitrogens with zero attached hydrogens (tertiary/aromatic N) is 2. The minimum Gasteiger partial charge on any atom is -0.359 e. The fourth-order valence-corrected chi connectivity index (χ4v) is 5.25. The minimum absolute atomic E-state index is 0.0811. The molecule has 1 aromatic carbocycles. The maximum absolute atomic E-state index is 12.8. The third kappa shape index (κ3) is 6.98. The van der Waals surface area contributed by atoms with Crippen LogP contribution in [0.1, 0.15) is 45.6 Å². The van der Waals surface area contributed by atoms with Crippen LogP contribution >= 0.6 is 0 Å². The fourth-order valence-electron chi connectivity index (χ4n) is 3.59. The van der Waals surface area contributed by atoms with Gasteiger partial charge in [0.1, 0.15) is 0 Å². The first-order chi connectivity index (χ1) is 14.1. The average Bonchev–Trinajstić information content (AvgIpc) is 2.68. The summed E-state index contributed by atoms with van der Waals surface area (Å²) in [4.78, 5) is 18.4. The number of aliphatic imine (C=N–C) groups is 1. The van der Waals surface area contributed by atoms with Gasteiger partial charge in [-0.3, -0.25) is 9.79 Å². The lowest BCUT2D eigenvalue weighted by Gasteiger charge is -2.34. The van der Waals surface area contributed by atoms with Gasteiger partial charge in [-0.25, -0.2) is 13.1 Å². The van der Waals surface area contributed by atoms with Gasteiger partial charge < -0.3 is 15.5 Å². The summed E-state index contributed by atoms with van der Waals surface area (Å²) in [7, 11) is -0.241. The zero-order valence-corrected chi connectivity index (χ0v) is 19.5. The van der Waals surface area contributed by atoms with Crippen LogP contribution in [-0.2, 0) is 21.4 Å². The highest BCUT2D eigenvalue weighted by Crippen LogP contribution is 2.21. The Kier molecular flexibility index (Phi) is 8.25. The molecule has 1 aromatic rings. The predicted octanol–water partition coefficient (Wildman–Crippen LogP) is 1.69. The lowest BCUT2D eigenvalue weighted by molar-refractivity contribution is -0.121. The largest absolute Gasteiger partial charge is 0.359 e. The van der Waals surface area contributed by atoms with Crippen molar-refractivity contribution in [1.82, 2.24) is 20.3 Å². The summed E-state index contributed by atoms with van der Waals surface area (Å²) in [5.41, 5.74) is 0.124. The van der Waals surface area contributed by atoms with E-state index in [9.17, 15) is 13.2 Å². The lowest BCUT2D eigenvalue weighted by Crippen LogP contribution is -2.46. The second-order valence-electron chi connectivity index (χ2n) is 8.67. The summed E-state index contributed by atoms with van der Waals surface area (Å²) in [5.74, 6) is 1.20. The van der Waals surface area contributed by atoms with E-state index in [-0.39, 0.29) is 10.8 Å². The van der Waals surface area contributed by atoms with E-state index in [0.717, 1.165) is 31.9 Å². The van der Waals surface area contributed by atoms with Crippen molar-refractivity contribution in [2.24, 2.45) is 10.9 Å². The molecule has 0 atom stereocenters. The third-order valence-electron chi connectivity index (χ3n) is 5.02. The zero-order valence-electron chi connectivity index (χ0n) is 18.7. The first kappa shape index (κ1) is 24.1. The number of likely N-dealkylation sites (tertiary alicyclic amines) is 1. The molecule has 0 aromatic heterocycles. The van der Waals surface area contributed by atoms with Crippen molar-refractivity contribution in [3.8, 4) is 0 Å². The van der Waals surface area contributed by atoms with Gasteiger partial charge in [0.15, 0.2) is 5.96 Å². The lowest BCUT2D eigenvalue weighted by atomic mass is 9.93. The Morgan fingerprint density at radius 2 is 1.83 bits per heavy atom. The zero-order chi connectivity index (χ0) is 22.4. The van der Waals surface area contributed by atoms with Gasteiger partial charge in [0, 0.05) is 45.7 Å². The van der Waals surface area contributed by atoms with Crippen LogP contribution in [0, 0.1) is 5.92 Å². The number of benzene rings is 1. The Balaban J connectivity index is 2.02. The fraction of sp³-hybridized carbons (Fsp3) is 0.619. The molecule has 2 rings (SSSR count). The van der Waals surface area contributed by atoms with Gasteiger partial charge in [-0.05, 0) is 51.2 Å². The molecule has 0 bridgehead atoms. The summed E-state index contributed by atoms with van der Waals surface area (Å²) in [6.07, 6.45) is 2.41. The Bertz CT molecular complexity index is 854. The molecule has 3 N–H and O–H groups in total. The molecule has 9 heteroatoms. The molecule has 1 saturated heterocycles. The van der Waals surface area contributed by atoms with Gasteiger partial charge in [-0.15, -0.1) is 0 Å². The number of amides is 1. The highest BCUT2D eigenvalue weighted by atomic mass is 32.2. The molecule has 0 spiro atoms. The van der Waals surface area contributed by atoms with Crippen molar-refractivity contribution >= 4 is 21.9 Å². The maximum atomic E-state index is 12.8. The third-order valence-corrected chi connectivity index (χ3v) is 6.88. The normalized spacial score (nSPS) is 16.4. The smallest absolute Gasteiger partial charge is 0.241 e. The Morgan fingerprint density at radius 3 is 2.40 bits per heavy atom. The van der Waals surface area contributed by atoms with Crippen molar-refractivity contribution in [3.05, 3.63) is 29.8 Å². The van der Waals surface area contributed by atoms with Crippen LogP contribution in [0.5, 0.6) is 0 Å². The van der Waals surface area contributed by atoms with Gasteiger partial charge in [-0.1, -0.05) is 18.2 Å². The topological polar surface area (TPSA) is 103 Å². The second kappa shape index (κ2) is 10.3. The van der Waals surface area contributed by atoms with Crippen LogP contribution in [0.15, 0.2) is 34.2 Å². The first-order valence-corrected chi connectivity index (χ1v) is 11.8. The maximum Gasteiger partial charge on any atom is 0.241 e. The molecule has 0 radical (unpaired) electrons. The highest BCUT2D eigenvalue weighted by molar-refractivity contribution is 7.89. The SMILES string of the molecule is CN=C(NCc1ccccc1S(=O)(=O)NC(C)(C)C)N1CCC(CC(=O)NC)CC1. The molecule has 168 valence electrons. The van der Waals surface area contributed by atoms with E-state index in [0.29, 0.717) is 24.4 Å². The van der Waals surface area contributed by atoms with E-state index in [2.05, 4.69) is 25.2 Å². The number of piperidine rings is 1. The van der Waals surface area contributed by atoms with Gasteiger partial charge in [-0.2, -0.15) is 0 Å². The first-order valence-electron chi connectivity index (χ1n) is 10.3. The summed E-state index contributed by atoms with van der Waals surface area (Å²) >= 11 is 0. The number of carbonyl (C=O) groups is 1. The molecular weight excluding hydrogens is 402 g/mol. The van der Waals surface area contributed by atoms with Crippen molar-refractivity contribution in [2.75, 3.05) is 27.2 Å². The average molecular weight is 438 g/mol. The summed E-state index contributed by atoms with van der Waals surface area (Å²) in [6, 6.07) is 7.00. The number of nitrogens with one attached hydrogen (secondary N) is 3. The summed E-state index contributed by atoms with van der Waals surface area (Å²) < 4.78 is 28.4. The molecule has 0 unspecified atom stereocenters. The van der Waals surface area contributed by atoms with E-state index >= 15 is 0 Å². The molecule has 30 heavy (non-hydrogen) atoms. The van der Waals surface area contributed by atoms with E-state index in [1.165, 1.54) is 0 Å². The van der Waals surface area contributed by atoms with Gasteiger partial charge in [0.2, 0.25) is 15.9 Å². The minimum atomic E-state index is -3.63. The summed E-state index contributed by atoms with van der Waals surface area (Å²) in [5, 5.41) is 5.99. The van der Waals surface area contributed by atoms with Gasteiger partial charge >= 0.3 is 0 Å². The van der Waals surface area contributed by atoms with Crippen molar-refractivity contribution in [2.45, 2.75) is 57.0 Å². The summed E-state index contributed by atoms with van der Waals surface area (Å²) in [6.45, 7) is 7.44. The number of sulfonamides is 1. The van der Waals surface area contributed by atoms with Crippen LogP contribution < -0.4 is 15.4 Å². The standard InChI is InChI=1S/C21H35N5O3S/c1-21(2,3)25-30(28,29)18-9-7-6-8-17(18)15-24-20(23-5)26-12-10-16(11-13-26)14-19(27)22-4/h6-9,16,25H,10-15H2,1-5H3,(H,22,27)(H,23,24). The number of hydrogen-bond acceptors (Lipinski definition) is 4. The molecular formula is C21H35N5O3S. The number of guanidine groups is 1. The van der Waals surface area contributed by atoms with Gasteiger partial charge in [0.25, 0.3) is 0 Å². The molecule has 8 nitrogen and oxygen atoms in total. The highest BCUT2D eigenvalue weighted by Gasteiger charge is 2.25. The van der Waals surface area contributed by atoms with Crippen molar-refractivity contribution in [3.63, 3.8) is 0 Å². The molecule has 0 saturated carbocycles. The quantitative estimate of drug-likeness (QED) is 0.464. The van der Waals surface area contributed by atoms with E-state index in [1.807, 2.05) is 32.9 Å². The Morgan fingerprint density at radius 1 is 1.20 bits per heavy atom. The Hall–Kier alpha value is -2.13. The van der Waals surface area contributed by atoms with Crippen molar-refractivity contribution < 1.29 is 13.2 Å². The molecule has 0 aliphatic carbocycles. The molecule has 1 amide bonds. The predicted molar refractivity (Wildman–Crippen MR) is 120 cm³/mol. The number of hydrogen-bond donors (Lipinski definition) is 3.